The average molecular weight is 665 g/mol. The minimum Gasteiger partial charge on any atom is -0.497 e. The molecule has 0 unspecified atom stereocenters. The van der Waals surface area contributed by atoms with Gasteiger partial charge in [-0.2, -0.15) is 0 Å². The van der Waals surface area contributed by atoms with E-state index in [0.717, 1.165) is 32.7 Å². The van der Waals surface area contributed by atoms with Crippen LogP contribution >= 0.6 is 28.1 Å². The number of ether oxygens (including phenoxy) is 2. The molecule has 44 heavy (non-hydrogen) atoms. The number of aromatic nitrogens is 1. The third-order valence-corrected chi connectivity index (χ3v) is 8.07. The molecule has 1 N–H and O–H groups in total. The quantitative estimate of drug-likeness (QED) is 0.111. The lowest BCUT2D eigenvalue weighted by atomic mass is 10.0. The number of hydrogen-bond acceptors (Lipinski definition) is 5. The van der Waals surface area contributed by atoms with E-state index in [4.69, 9.17) is 21.7 Å². The summed E-state index contributed by atoms with van der Waals surface area (Å²) in [5.41, 5.74) is 5.52. The molecule has 1 fully saturated rings. The lowest BCUT2D eigenvalue weighted by Gasteiger charge is -2.30. The number of methoxy groups -OCH3 is 2. The number of nitrogens with zero attached hydrogens (tertiary/aromatic N) is 2. The third-order valence-electron chi connectivity index (χ3n) is 7.26. The number of amides is 2. The Morgan fingerprint density at radius 3 is 2.09 bits per heavy atom. The number of benzene rings is 4. The predicted molar refractivity (Wildman–Crippen MR) is 180 cm³/mol. The Morgan fingerprint density at radius 1 is 0.795 bits per heavy atom. The maximum absolute atomic E-state index is 14.1. The zero-order chi connectivity index (χ0) is 30.8. The highest BCUT2D eigenvalue weighted by Crippen LogP contribution is 2.39. The van der Waals surface area contributed by atoms with E-state index in [9.17, 15) is 9.59 Å². The summed E-state index contributed by atoms with van der Waals surface area (Å²) in [4.78, 5) is 28.8. The fourth-order valence-corrected chi connectivity index (χ4v) is 5.75. The Kier molecular flexibility index (Phi) is 8.15. The monoisotopic (exact) mass is 663 g/mol. The van der Waals surface area contributed by atoms with Gasteiger partial charge < -0.3 is 14.0 Å². The fraction of sp³-hybridized carbons (Fsp3) is 0.0571. The van der Waals surface area contributed by atoms with Crippen molar-refractivity contribution in [1.82, 2.24) is 9.88 Å². The highest BCUT2D eigenvalue weighted by Gasteiger charge is 2.36. The fourth-order valence-electron chi connectivity index (χ4n) is 5.21. The Morgan fingerprint density at radius 2 is 1.45 bits per heavy atom. The molecular formula is C35H26BrN3O4S. The summed E-state index contributed by atoms with van der Waals surface area (Å²) < 4.78 is 14.0. The summed E-state index contributed by atoms with van der Waals surface area (Å²) in [5.74, 6) is -0.233. The summed E-state index contributed by atoms with van der Waals surface area (Å²) >= 11 is 9.01. The standard InChI is InChI=1S/C35H26BrN3O4S/c1-42-27-17-18-29(31(21-27)43-2)39-34(41)28(33(40)37-35(39)44)19-24-20-30(22-9-5-3-6-10-22)38(26-15-13-25(36)14-16-26)32(24)23-11-7-4-8-12-23/h3-21H,1-2H3,(H,37,40,44)/b28-19-. The van der Waals surface area contributed by atoms with Crippen LogP contribution in [0.5, 0.6) is 11.5 Å². The average Bonchev–Trinajstić information content (AvgIpc) is 3.43. The molecule has 1 aliphatic heterocycles. The largest absolute Gasteiger partial charge is 0.497 e. The van der Waals surface area contributed by atoms with Gasteiger partial charge in [-0.3, -0.25) is 14.9 Å². The first-order valence-electron chi connectivity index (χ1n) is 13.7. The maximum atomic E-state index is 14.1. The summed E-state index contributed by atoms with van der Waals surface area (Å²) in [5, 5.41) is 2.65. The zero-order valence-electron chi connectivity index (χ0n) is 23.8. The molecule has 1 aromatic heterocycles. The van der Waals surface area contributed by atoms with E-state index < -0.39 is 11.8 Å². The van der Waals surface area contributed by atoms with Crippen LogP contribution < -0.4 is 19.7 Å². The normalized spacial score (nSPS) is 14.1. The highest BCUT2D eigenvalue weighted by molar-refractivity contribution is 9.10. The molecule has 218 valence electrons. The molecule has 2 amide bonds. The van der Waals surface area contributed by atoms with Gasteiger partial charge in [0.05, 0.1) is 31.3 Å². The molecule has 0 aliphatic carbocycles. The second kappa shape index (κ2) is 12.3. The van der Waals surface area contributed by atoms with Crippen LogP contribution in [-0.2, 0) is 9.59 Å². The number of carbonyl (C=O) groups excluding carboxylic acids is 2. The van der Waals surface area contributed by atoms with Crippen molar-refractivity contribution in [1.29, 1.82) is 0 Å². The van der Waals surface area contributed by atoms with E-state index in [-0.39, 0.29) is 10.7 Å². The van der Waals surface area contributed by atoms with Crippen LogP contribution in [0.15, 0.2) is 119 Å². The molecule has 2 heterocycles. The number of carbonyl (C=O) groups is 2. The Labute approximate surface area is 268 Å². The van der Waals surface area contributed by atoms with Gasteiger partial charge in [0.2, 0.25) is 0 Å². The van der Waals surface area contributed by atoms with Crippen molar-refractivity contribution in [2.24, 2.45) is 0 Å². The van der Waals surface area contributed by atoms with E-state index in [1.165, 1.54) is 12.0 Å². The number of halogens is 1. The topological polar surface area (TPSA) is 72.8 Å². The van der Waals surface area contributed by atoms with Crippen LogP contribution in [0.2, 0.25) is 0 Å². The summed E-state index contributed by atoms with van der Waals surface area (Å²) in [7, 11) is 3.04. The van der Waals surface area contributed by atoms with Gasteiger partial charge in [-0.15, -0.1) is 0 Å². The molecule has 0 bridgehead atoms. The zero-order valence-corrected chi connectivity index (χ0v) is 26.2. The van der Waals surface area contributed by atoms with E-state index in [2.05, 4.69) is 25.8 Å². The van der Waals surface area contributed by atoms with Crippen molar-refractivity contribution in [3.8, 4) is 39.7 Å². The molecule has 9 heteroatoms. The van der Waals surface area contributed by atoms with Crippen molar-refractivity contribution < 1.29 is 19.1 Å². The molecule has 1 aliphatic rings. The molecule has 6 rings (SSSR count). The molecule has 0 radical (unpaired) electrons. The lowest BCUT2D eigenvalue weighted by Crippen LogP contribution is -2.54. The number of thiocarbonyl (C=S) groups is 1. The molecule has 0 saturated carbocycles. The van der Waals surface area contributed by atoms with E-state index in [1.807, 2.05) is 91.0 Å². The summed E-state index contributed by atoms with van der Waals surface area (Å²) in [6, 6.07) is 34.9. The first-order valence-corrected chi connectivity index (χ1v) is 14.9. The maximum Gasteiger partial charge on any atom is 0.270 e. The predicted octanol–water partition coefficient (Wildman–Crippen LogP) is 7.42. The minimum absolute atomic E-state index is 0.0405. The van der Waals surface area contributed by atoms with Crippen molar-refractivity contribution in [3.05, 3.63) is 125 Å². The Bertz CT molecular complexity index is 1920. The Hall–Kier alpha value is -4.99. The number of rotatable bonds is 7. The first-order chi connectivity index (χ1) is 21.4. The van der Waals surface area contributed by atoms with Crippen molar-refractivity contribution in [3.63, 3.8) is 0 Å². The molecule has 7 nitrogen and oxygen atoms in total. The van der Waals surface area contributed by atoms with E-state index in [0.29, 0.717) is 22.7 Å². The smallest absolute Gasteiger partial charge is 0.270 e. The summed E-state index contributed by atoms with van der Waals surface area (Å²) in [6.45, 7) is 0. The van der Waals surface area contributed by atoms with Gasteiger partial charge in [0.25, 0.3) is 11.8 Å². The summed E-state index contributed by atoms with van der Waals surface area (Å²) in [6.07, 6.45) is 1.63. The first kappa shape index (κ1) is 29.1. The third kappa shape index (κ3) is 5.43. The van der Waals surface area contributed by atoms with E-state index in [1.54, 1.807) is 31.4 Å². The SMILES string of the molecule is COc1ccc(N2C(=O)/C(=C\c3cc(-c4ccccc4)n(-c4ccc(Br)cc4)c3-c3ccccc3)C(=O)NC2=S)c(OC)c1. The molecule has 0 spiro atoms. The number of anilines is 1. The van der Waals surface area contributed by atoms with Gasteiger partial charge in [0.15, 0.2) is 5.11 Å². The molecule has 1 saturated heterocycles. The molecule has 4 aromatic carbocycles. The lowest BCUT2D eigenvalue weighted by molar-refractivity contribution is -0.122. The van der Waals surface area contributed by atoms with Crippen LogP contribution in [0, 0.1) is 0 Å². The van der Waals surface area contributed by atoms with Crippen LogP contribution in [-0.4, -0.2) is 35.7 Å². The molecule has 0 atom stereocenters. The van der Waals surface area contributed by atoms with Gasteiger partial charge in [-0.1, -0.05) is 76.6 Å². The van der Waals surface area contributed by atoms with Crippen LogP contribution in [0.3, 0.4) is 0 Å². The van der Waals surface area contributed by atoms with Crippen molar-refractivity contribution in [2.45, 2.75) is 0 Å². The van der Waals surface area contributed by atoms with Gasteiger partial charge >= 0.3 is 0 Å². The van der Waals surface area contributed by atoms with Crippen LogP contribution in [0.25, 0.3) is 34.3 Å². The van der Waals surface area contributed by atoms with Gasteiger partial charge in [-0.25, -0.2) is 4.90 Å². The number of hydrogen-bond donors (Lipinski definition) is 1. The van der Waals surface area contributed by atoms with E-state index >= 15 is 0 Å². The minimum atomic E-state index is -0.583. The Balaban J connectivity index is 1.58. The van der Waals surface area contributed by atoms with Gasteiger partial charge in [0.1, 0.15) is 17.1 Å². The second-order valence-electron chi connectivity index (χ2n) is 9.87. The second-order valence-corrected chi connectivity index (χ2v) is 11.2. The van der Waals surface area contributed by atoms with Crippen molar-refractivity contribution >= 4 is 56.8 Å². The van der Waals surface area contributed by atoms with Gasteiger partial charge in [0, 0.05) is 21.8 Å². The molecular weight excluding hydrogens is 638 g/mol. The molecule has 5 aromatic rings. The van der Waals surface area contributed by atoms with Crippen LogP contribution in [0.1, 0.15) is 5.56 Å². The van der Waals surface area contributed by atoms with Crippen molar-refractivity contribution in [2.75, 3.05) is 19.1 Å². The number of nitrogens with one attached hydrogen (secondary N) is 1. The van der Waals surface area contributed by atoms with Gasteiger partial charge in [-0.05, 0) is 71.9 Å². The van der Waals surface area contributed by atoms with Crippen LogP contribution in [0.4, 0.5) is 5.69 Å². The highest BCUT2D eigenvalue weighted by atomic mass is 79.9.